The number of thiol groups is 1. The molecule has 0 radical (unpaired) electrons. The van der Waals surface area contributed by atoms with Crippen LogP contribution in [-0.4, -0.2) is 26.5 Å². The topological polar surface area (TPSA) is 50.9 Å². The molecule has 0 fully saturated rings. The standard InChI is InChI=1S/C11H13N3OS/c1-8(7-15)14-10(12-13-11(14)16)9-5-3-2-4-6-9/h2-6,8,15H,7H2,1H3,(H,13,16). The molecule has 0 aliphatic carbocycles. The number of benzene rings is 1. The second-order valence-corrected chi connectivity index (χ2v) is 3.99. The summed E-state index contributed by atoms with van der Waals surface area (Å²) >= 11 is 4.24. The first-order valence-corrected chi connectivity index (χ1v) is 5.49. The number of rotatable bonds is 3. The molecule has 0 saturated heterocycles. The van der Waals surface area contributed by atoms with Crippen LogP contribution >= 0.6 is 12.6 Å². The first kappa shape index (κ1) is 11.2. The molecule has 5 heteroatoms. The quantitative estimate of drug-likeness (QED) is 0.797. The lowest BCUT2D eigenvalue weighted by molar-refractivity contribution is 0.234. The van der Waals surface area contributed by atoms with Gasteiger partial charge in [-0.3, -0.25) is 4.57 Å². The Kier molecular flexibility index (Phi) is 3.26. The van der Waals surface area contributed by atoms with Crippen LogP contribution in [0.15, 0.2) is 35.5 Å². The minimum absolute atomic E-state index is 0.0332. The van der Waals surface area contributed by atoms with Gasteiger partial charge in [0.2, 0.25) is 0 Å². The molecule has 1 unspecified atom stereocenters. The van der Waals surface area contributed by atoms with Crippen LogP contribution in [-0.2, 0) is 0 Å². The molecule has 0 amide bonds. The van der Waals surface area contributed by atoms with Crippen molar-refractivity contribution in [1.29, 1.82) is 0 Å². The zero-order chi connectivity index (χ0) is 11.5. The van der Waals surface area contributed by atoms with Crippen LogP contribution in [0.3, 0.4) is 0 Å². The summed E-state index contributed by atoms with van der Waals surface area (Å²) in [6.07, 6.45) is 0. The van der Waals surface area contributed by atoms with Gasteiger partial charge in [-0.1, -0.05) is 30.3 Å². The van der Waals surface area contributed by atoms with E-state index in [9.17, 15) is 5.11 Å². The molecule has 0 saturated carbocycles. The van der Waals surface area contributed by atoms with E-state index in [1.54, 1.807) is 0 Å². The fraction of sp³-hybridized carbons (Fsp3) is 0.273. The lowest BCUT2D eigenvalue weighted by Crippen LogP contribution is -2.11. The molecule has 1 aromatic heterocycles. The van der Waals surface area contributed by atoms with E-state index >= 15 is 0 Å². The van der Waals surface area contributed by atoms with Gasteiger partial charge < -0.3 is 5.11 Å². The van der Waals surface area contributed by atoms with Gasteiger partial charge in [0.1, 0.15) is 0 Å². The number of aliphatic hydroxyl groups excluding tert-OH is 1. The Morgan fingerprint density at radius 2 is 2.00 bits per heavy atom. The maximum Gasteiger partial charge on any atom is 0.188 e. The molecule has 0 spiro atoms. The SMILES string of the molecule is CC(CO)n1c(S)nnc1-c1ccccc1. The smallest absolute Gasteiger partial charge is 0.188 e. The van der Waals surface area contributed by atoms with Crippen LogP contribution < -0.4 is 0 Å². The van der Waals surface area contributed by atoms with Gasteiger partial charge >= 0.3 is 0 Å². The van der Waals surface area contributed by atoms with E-state index in [-0.39, 0.29) is 12.6 Å². The van der Waals surface area contributed by atoms with Gasteiger partial charge in [0.15, 0.2) is 11.0 Å². The molecule has 0 aliphatic heterocycles. The highest BCUT2D eigenvalue weighted by molar-refractivity contribution is 7.80. The van der Waals surface area contributed by atoms with E-state index in [0.717, 1.165) is 11.4 Å². The minimum Gasteiger partial charge on any atom is -0.394 e. The van der Waals surface area contributed by atoms with E-state index in [0.29, 0.717) is 5.16 Å². The number of aromatic nitrogens is 3. The largest absolute Gasteiger partial charge is 0.394 e. The molecule has 2 rings (SSSR count). The number of hydrogen-bond acceptors (Lipinski definition) is 4. The van der Waals surface area contributed by atoms with Crippen LogP contribution in [0.4, 0.5) is 0 Å². The maximum absolute atomic E-state index is 9.19. The first-order valence-electron chi connectivity index (χ1n) is 5.04. The molecule has 16 heavy (non-hydrogen) atoms. The summed E-state index contributed by atoms with van der Waals surface area (Å²) in [6.45, 7) is 1.93. The van der Waals surface area contributed by atoms with Crippen LogP contribution in [0, 0.1) is 0 Å². The normalized spacial score (nSPS) is 12.7. The lowest BCUT2D eigenvalue weighted by atomic mass is 10.2. The highest BCUT2D eigenvalue weighted by Crippen LogP contribution is 2.23. The average Bonchev–Trinajstić information content (AvgIpc) is 2.71. The van der Waals surface area contributed by atoms with Crippen molar-refractivity contribution in [1.82, 2.24) is 14.8 Å². The van der Waals surface area contributed by atoms with Crippen molar-refractivity contribution >= 4 is 12.6 Å². The predicted octanol–water partition coefficient (Wildman–Crippen LogP) is 1.79. The summed E-state index contributed by atoms with van der Waals surface area (Å²) < 4.78 is 1.82. The van der Waals surface area contributed by atoms with Crippen LogP contribution in [0.25, 0.3) is 11.4 Å². The third-order valence-corrected chi connectivity index (χ3v) is 2.72. The molecule has 4 nitrogen and oxygen atoms in total. The van der Waals surface area contributed by atoms with Gasteiger partial charge in [-0.2, -0.15) is 0 Å². The van der Waals surface area contributed by atoms with Crippen LogP contribution in [0.2, 0.25) is 0 Å². The van der Waals surface area contributed by atoms with Gasteiger partial charge in [-0.25, -0.2) is 0 Å². The van der Waals surface area contributed by atoms with Crippen molar-refractivity contribution in [3.8, 4) is 11.4 Å². The van der Waals surface area contributed by atoms with Crippen LogP contribution in [0.5, 0.6) is 0 Å². The monoisotopic (exact) mass is 235 g/mol. The second kappa shape index (κ2) is 4.67. The molecule has 1 aromatic carbocycles. The number of nitrogens with zero attached hydrogens (tertiary/aromatic N) is 3. The van der Waals surface area contributed by atoms with Gasteiger partial charge in [-0.05, 0) is 6.92 Å². The Balaban J connectivity index is 2.50. The Bertz CT molecular complexity index is 469. The second-order valence-electron chi connectivity index (χ2n) is 3.59. The average molecular weight is 235 g/mol. The van der Waals surface area contributed by atoms with E-state index < -0.39 is 0 Å². The minimum atomic E-state index is -0.0855. The van der Waals surface area contributed by atoms with Crippen molar-refractivity contribution in [3.63, 3.8) is 0 Å². The third-order valence-electron chi connectivity index (χ3n) is 2.41. The molecule has 1 N–H and O–H groups in total. The maximum atomic E-state index is 9.19. The highest BCUT2D eigenvalue weighted by Gasteiger charge is 2.15. The summed E-state index contributed by atoms with van der Waals surface area (Å²) in [5.74, 6) is 0.729. The zero-order valence-electron chi connectivity index (χ0n) is 8.91. The van der Waals surface area contributed by atoms with Gasteiger partial charge in [0.05, 0.1) is 12.6 Å². The molecular formula is C11H13N3OS. The summed E-state index contributed by atoms with van der Waals surface area (Å²) in [6, 6.07) is 9.65. The fourth-order valence-electron chi connectivity index (χ4n) is 1.55. The molecule has 1 atom stereocenters. The van der Waals surface area contributed by atoms with E-state index in [1.807, 2.05) is 41.8 Å². The molecule has 1 heterocycles. The van der Waals surface area contributed by atoms with E-state index in [1.165, 1.54) is 0 Å². The van der Waals surface area contributed by atoms with Gasteiger partial charge in [-0.15, -0.1) is 22.8 Å². The van der Waals surface area contributed by atoms with Crippen molar-refractivity contribution in [3.05, 3.63) is 30.3 Å². The van der Waals surface area contributed by atoms with Gasteiger partial charge in [0.25, 0.3) is 0 Å². The van der Waals surface area contributed by atoms with Crippen LogP contribution in [0.1, 0.15) is 13.0 Å². The van der Waals surface area contributed by atoms with Crippen molar-refractivity contribution < 1.29 is 5.11 Å². The first-order chi connectivity index (χ1) is 7.74. The summed E-state index contributed by atoms with van der Waals surface area (Å²) in [5.41, 5.74) is 0.968. The summed E-state index contributed by atoms with van der Waals surface area (Å²) in [5, 5.41) is 17.7. The fourth-order valence-corrected chi connectivity index (χ4v) is 1.89. The molecule has 0 bridgehead atoms. The number of hydrogen-bond donors (Lipinski definition) is 2. The third kappa shape index (κ3) is 1.96. The van der Waals surface area contributed by atoms with E-state index in [4.69, 9.17) is 0 Å². The molecule has 0 aliphatic rings. The van der Waals surface area contributed by atoms with E-state index in [2.05, 4.69) is 22.8 Å². The van der Waals surface area contributed by atoms with Crippen molar-refractivity contribution in [2.45, 2.75) is 18.1 Å². The molecule has 84 valence electrons. The Labute approximate surface area is 99.4 Å². The lowest BCUT2D eigenvalue weighted by Gasteiger charge is -2.13. The summed E-state index contributed by atoms with van der Waals surface area (Å²) in [7, 11) is 0. The Morgan fingerprint density at radius 3 is 2.62 bits per heavy atom. The Morgan fingerprint density at radius 1 is 1.31 bits per heavy atom. The molecule has 2 aromatic rings. The highest BCUT2D eigenvalue weighted by atomic mass is 32.1. The van der Waals surface area contributed by atoms with Gasteiger partial charge in [0, 0.05) is 5.56 Å². The van der Waals surface area contributed by atoms with Crippen molar-refractivity contribution in [2.75, 3.05) is 6.61 Å². The summed E-state index contributed by atoms with van der Waals surface area (Å²) in [4.78, 5) is 0. The Hall–Kier alpha value is -1.33. The van der Waals surface area contributed by atoms with Crippen molar-refractivity contribution in [2.24, 2.45) is 0 Å². The molecular weight excluding hydrogens is 222 g/mol. The zero-order valence-corrected chi connectivity index (χ0v) is 9.80. The number of aliphatic hydroxyl groups is 1. The predicted molar refractivity (Wildman–Crippen MR) is 64.5 cm³/mol.